The number of aromatic nitrogens is 6. The molecule has 35 heavy (non-hydrogen) atoms. The lowest BCUT2D eigenvalue weighted by Gasteiger charge is -2.14. The normalized spacial score (nSPS) is 11.6. The second-order valence-corrected chi connectivity index (χ2v) is 10.4. The number of hydrogen-bond acceptors (Lipinski definition) is 6. The first-order valence-electron chi connectivity index (χ1n) is 11.2. The van der Waals surface area contributed by atoms with Crippen LogP contribution in [0, 0.1) is 13.8 Å². The van der Waals surface area contributed by atoms with Gasteiger partial charge >= 0.3 is 0 Å². The van der Waals surface area contributed by atoms with Crippen LogP contribution in [-0.2, 0) is 12.8 Å². The van der Waals surface area contributed by atoms with Crippen LogP contribution in [-0.4, -0.2) is 28.7 Å². The average molecular weight is 499 g/mol. The van der Waals surface area contributed by atoms with Crippen LogP contribution in [0.3, 0.4) is 0 Å². The second kappa shape index (κ2) is 8.51. The van der Waals surface area contributed by atoms with Crippen molar-refractivity contribution in [1.29, 1.82) is 0 Å². The Morgan fingerprint density at radius 2 is 1.91 bits per heavy atom. The van der Waals surface area contributed by atoms with E-state index in [1.54, 1.807) is 28.0 Å². The Balaban J connectivity index is 1.46. The zero-order chi connectivity index (χ0) is 24.1. The van der Waals surface area contributed by atoms with Gasteiger partial charge in [0.15, 0.2) is 11.0 Å². The summed E-state index contributed by atoms with van der Waals surface area (Å²) in [6.07, 6.45) is 1.73. The predicted molar refractivity (Wildman–Crippen MR) is 142 cm³/mol. The number of thioether (sulfide) groups is 1. The highest BCUT2D eigenvalue weighted by atomic mass is 32.2. The van der Waals surface area contributed by atoms with Gasteiger partial charge in [0.1, 0.15) is 5.65 Å². The first-order valence-corrected chi connectivity index (χ1v) is 13.0. The van der Waals surface area contributed by atoms with Gasteiger partial charge in [0.25, 0.3) is 5.56 Å². The fourth-order valence-corrected chi connectivity index (χ4v) is 5.97. The van der Waals surface area contributed by atoms with Crippen LogP contribution < -0.4 is 5.56 Å². The van der Waals surface area contributed by atoms with Crippen LogP contribution >= 0.6 is 23.1 Å². The number of benzene rings is 1. The van der Waals surface area contributed by atoms with E-state index in [1.807, 2.05) is 18.2 Å². The molecular formula is C26H22N6OS2. The van der Waals surface area contributed by atoms with Crippen molar-refractivity contribution in [2.24, 2.45) is 7.05 Å². The predicted octanol–water partition coefficient (Wildman–Crippen LogP) is 5.40. The molecule has 0 saturated carbocycles. The Labute approximate surface area is 209 Å². The first kappa shape index (κ1) is 21.8. The van der Waals surface area contributed by atoms with Gasteiger partial charge in [-0.05, 0) is 60.7 Å². The van der Waals surface area contributed by atoms with E-state index in [-0.39, 0.29) is 5.56 Å². The van der Waals surface area contributed by atoms with E-state index in [4.69, 9.17) is 0 Å². The van der Waals surface area contributed by atoms with Crippen molar-refractivity contribution < 1.29 is 0 Å². The summed E-state index contributed by atoms with van der Waals surface area (Å²) in [5.74, 6) is 1.30. The van der Waals surface area contributed by atoms with Crippen molar-refractivity contribution >= 4 is 39.0 Å². The van der Waals surface area contributed by atoms with Gasteiger partial charge in [0, 0.05) is 25.1 Å². The summed E-state index contributed by atoms with van der Waals surface area (Å²) >= 11 is 3.25. The summed E-state index contributed by atoms with van der Waals surface area (Å²) in [6, 6.07) is 17.8. The van der Waals surface area contributed by atoms with Gasteiger partial charge in [-0.2, -0.15) is 0 Å². The van der Waals surface area contributed by atoms with Crippen molar-refractivity contribution in [2.45, 2.75) is 24.8 Å². The van der Waals surface area contributed by atoms with Crippen LogP contribution in [0.1, 0.15) is 16.8 Å². The lowest BCUT2D eigenvalue weighted by molar-refractivity contribution is 0.871. The van der Waals surface area contributed by atoms with E-state index >= 15 is 0 Å². The van der Waals surface area contributed by atoms with E-state index in [9.17, 15) is 4.79 Å². The zero-order valence-electron chi connectivity index (χ0n) is 19.5. The fraction of sp³-hybridized carbons (Fsp3) is 0.154. The maximum absolute atomic E-state index is 12.5. The van der Waals surface area contributed by atoms with Gasteiger partial charge in [0.05, 0.1) is 27.3 Å². The number of fused-ring (bicyclic) bond motifs is 2. The summed E-state index contributed by atoms with van der Waals surface area (Å²) in [5, 5.41) is 12.1. The molecule has 7 nitrogen and oxygen atoms in total. The van der Waals surface area contributed by atoms with Crippen LogP contribution in [0.5, 0.6) is 0 Å². The SMILES string of the molecule is Cc1ccc(C)c(-n2c(SCc3cc(=O)n4ccccc4n3)nnc2-c2cc3sccc3n2C)c1. The third-order valence-electron chi connectivity index (χ3n) is 6.11. The van der Waals surface area contributed by atoms with E-state index in [2.05, 4.69) is 80.9 Å². The molecule has 0 aliphatic heterocycles. The standard InChI is InChI=1S/C26H22N6OS2/c1-16-7-8-17(2)20(12-16)32-25(21-14-22-19(30(21)3)9-11-34-22)28-29-26(32)35-15-18-13-24(33)31-10-5-4-6-23(31)27-18/h4-14H,15H2,1-3H3. The molecule has 6 aromatic rings. The van der Waals surface area contributed by atoms with Crippen LogP contribution in [0.15, 0.2) is 76.1 Å². The molecular weight excluding hydrogens is 476 g/mol. The van der Waals surface area contributed by atoms with Gasteiger partial charge < -0.3 is 4.57 Å². The topological polar surface area (TPSA) is 70.0 Å². The molecule has 0 N–H and O–H groups in total. The first-order chi connectivity index (χ1) is 17.0. The number of pyridine rings is 1. The highest BCUT2D eigenvalue weighted by Crippen LogP contribution is 2.34. The molecule has 6 rings (SSSR count). The molecule has 0 bridgehead atoms. The van der Waals surface area contributed by atoms with E-state index in [0.717, 1.165) is 27.9 Å². The van der Waals surface area contributed by atoms with Gasteiger partial charge in [-0.1, -0.05) is 30.0 Å². The third-order valence-corrected chi connectivity index (χ3v) is 7.92. The van der Waals surface area contributed by atoms with E-state index in [1.165, 1.54) is 27.5 Å². The summed E-state index contributed by atoms with van der Waals surface area (Å²) in [5.41, 5.74) is 6.79. The minimum Gasteiger partial charge on any atom is -0.340 e. The Kier molecular flexibility index (Phi) is 5.31. The molecule has 0 fully saturated rings. The molecule has 0 atom stereocenters. The molecule has 0 radical (unpaired) electrons. The third kappa shape index (κ3) is 3.77. The van der Waals surface area contributed by atoms with Crippen molar-refractivity contribution in [3.8, 4) is 17.2 Å². The van der Waals surface area contributed by atoms with Crippen molar-refractivity contribution in [2.75, 3.05) is 0 Å². The average Bonchev–Trinajstić information content (AvgIpc) is 3.55. The van der Waals surface area contributed by atoms with Crippen molar-refractivity contribution in [3.63, 3.8) is 0 Å². The molecule has 9 heteroatoms. The summed E-state index contributed by atoms with van der Waals surface area (Å²) < 4.78 is 7.05. The maximum atomic E-state index is 12.5. The molecule has 0 aliphatic rings. The van der Waals surface area contributed by atoms with Gasteiger partial charge in [-0.3, -0.25) is 13.8 Å². The number of nitrogens with zero attached hydrogens (tertiary/aromatic N) is 6. The minimum absolute atomic E-state index is 0.0910. The number of thiophene rings is 1. The molecule has 5 heterocycles. The summed E-state index contributed by atoms with van der Waals surface area (Å²) in [7, 11) is 2.06. The summed E-state index contributed by atoms with van der Waals surface area (Å²) in [4.78, 5) is 17.2. The molecule has 0 aliphatic carbocycles. The molecule has 1 aromatic carbocycles. The van der Waals surface area contributed by atoms with Gasteiger partial charge in [0.2, 0.25) is 0 Å². The molecule has 0 amide bonds. The Bertz CT molecular complexity index is 1770. The zero-order valence-corrected chi connectivity index (χ0v) is 21.1. The number of aryl methyl sites for hydroxylation is 3. The van der Waals surface area contributed by atoms with Crippen molar-refractivity contribution in [3.05, 3.63) is 93.3 Å². The highest BCUT2D eigenvalue weighted by molar-refractivity contribution is 7.98. The Morgan fingerprint density at radius 3 is 2.77 bits per heavy atom. The molecule has 0 saturated heterocycles. The van der Waals surface area contributed by atoms with Gasteiger partial charge in [-0.15, -0.1) is 21.5 Å². The molecule has 174 valence electrons. The molecule has 5 aromatic heterocycles. The van der Waals surface area contributed by atoms with Crippen LogP contribution in [0.2, 0.25) is 0 Å². The van der Waals surface area contributed by atoms with Crippen LogP contribution in [0.4, 0.5) is 0 Å². The maximum Gasteiger partial charge on any atom is 0.258 e. The lowest BCUT2D eigenvalue weighted by atomic mass is 10.1. The van der Waals surface area contributed by atoms with Gasteiger partial charge in [-0.25, -0.2) is 4.98 Å². The minimum atomic E-state index is -0.0910. The quantitative estimate of drug-likeness (QED) is 0.298. The van der Waals surface area contributed by atoms with E-state index in [0.29, 0.717) is 17.1 Å². The number of rotatable bonds is 5. The molecule has 0 unspecified atom stereocenters. The summed E-state index contributed by atoms with van der Waals surface area (Å²) in [6.45, 7) is 4.19. The van der Waals surface area contributed by atoms with Crippen molar-refractivity contribution in [1.82, 2.24) is 28.7 Å². The van der Waals surface area contributed by atoms with Crippen LogP contribution in [0.25, 0.3) is 33.1 Å². The second-order valence-electron chi connectivity index (χ2n) is 8.49. The number of hydrogen-bond donors (Lipinski definition) is 0. The van der Waals surface area contributed by atoms with E-state index < -0.39 is 0 Å². The smallest absolute Gasteiger partial charge is 0.258 e. The fourth-order valence-electron chi connectivity index (χ4n) is 4.29. The highest BCUT2D eigenvalue weighted by Gasteiger charge is 2.21. The largest absolute Gasteiger partial charge is 0.340 e. The monoisotopic (exact) mass is 498 g/mol. The Hall–Kier alpha value is -3.69. The molecule has 0 spiro atoms. The Morgan fingerprint density at radius 1 is 1.03 bits per heavy atom. The lowest BCUT2D eigenvalue weighted by Crippen LogP contribution is -2.14.